The van der Waals surface area contributed by atoms with E-state index in [0.29, 0.717) is 19.6 Å². The molecule has 1 aromatic rings. The van der Waals surface area contributed by atoms with Gasteiger partial charge in [-0.05, 0) is 18.6 Å². The number of rotatable bonds is 4. The molecular weight excluding hydrogens is 303 g/mol. The van der Waals surface area contributed by atoms with Gasteiger partial charge in [-0.2, -0.15) is 0 Å². The summed E-state index contributed by atoms with van der Waals surface area (Å²) >= 11 is 0. The molecule has 9 heteroatoms. The number of halogens is 1. The molecule has 1 heterocycles. The molecule has 1 atom stereocenters. The number of nitrogens with one attached hydrogen (secondary N) is 1. The Balaban J connectivity index is 2.36. The van der Waals surface area contributed by atoms with Gasteiger partial charge >= 0.3 is 0 Å². The summed E-state index contributed by atoms with van der Waals surface area (Å²) in [6, 6.07) is 1.71. The molecule has 21 heavy (non-hydrogen) atoms. The van der Waals surface area contributed by atoms with E-state index in [9.17, 15) is 17.6 Å². The lowest BCUT2D eigenvalue weighted by Crippen LogP contribution is -2.35. The number of hydrogen-bond donors (Lipinski definition) is 2. The van der Waals surface area contributed by atoms with Crippen LogP contribution in [0.1, 0.15) is 16.8 Å². The van der Waals surface area contributed by atoms with Crippen LogP contribution in [0.5, 0.6) is 5.75 Å². The van der Waals surface area contributed by atoms with Gasteiger partial charge in [0.05, 0.1) is 19.8 Å². The zero-order chi connectivity index (χ0) is 15.6. The first kappa shape index (κ1) is 15.7. The summed E-state index contributed by atoms with van der Waals surface area (Å²) < 4.78 is 46.6. The summed E-state index contributed by atoms with van der Waals surface area (Å²) in [5.41, 5.74) is -0.149. The lowest BCUT2D eigenvalue weighted by Gasteiger charge is -2.13. The van der Waals surface area contributed by atoms with Gasteiger partial charge in [0.2, 0.25) is 10.0 Å². The molecule has 0 bridgehead atoms. The van der Waals surface area contributed by atoms with Gasteiger partial charge in [-0.15, -0.1) is 0 Å². The van der Waals surface area contributed by atoms with E-state index in [1.807, 2.05) is 0 Å². The van der Waals surface area contributed by atoms with Gasteiger partial charge in [0.1, 0.15) is 4.90 Å². The number of benzene rings is 1. The first-order chi connectivity index (χ1) is 9.82. The van der Waals surface area contributed by atoms with Crippen LogP contribution < -0.4 is 15.2 Å². The SMILES string of the molecule is COc1c(F)cc(C(=O)NC2CCOC2)cc1S(N)(=O)=O. The number of ether oxygens (including phenoxy) is 2. The fourth-order valence-electron chi connectivity index (χ4n) is 2.03. The standard InChI is InChI=1S/C12H15FN2O5S/c1-19-11-9(13)4-7(5-10(11)21(14,17)18)12(16)15-8-2-3-20-6-8/h4-5,8H,2-3,6H2,1H3,(H,15,16)(H2,14,17,18). The van der Waals surface area contributed by atoms with Gasteiger partial charge in [-0.3, -0.25) is 4.79 Å². The van der Waals surface area contributed by atoms with Crippen LogP contribution >= 0.6 is 0 Å². The molecule has 1 aromatic carbocycles. The van der Waals surface area contributed by atoms with E-state index in [1.54, 1.807) is 0 Å². The molecule has 1 aliphatic rings. The highest BCUT2D eigenvalue weighted by molar-refractivity contribution is 7.89. The molecule has 0 aliphatic carbocycles. The van der Waals surface area contributed by atoms with E-state index in [-0.39, 0.29) is 11.6 Å². The molecule has 0 radical (unpaired) electrons. The Morgan fingerprint density at radius 3 is 2.76 bits per heavy atom. The van der Waals surface area contributed by atoms with Crippen LogP contribution in [-0.2, 0) is 14.8 Å². The maximum Gasteiger partial charge on any atom is 0.251 e. The van der Waals surface area contributed by atoms with Crippen LogP contribution in [0.4, 0.5) is 4.39 Å². The largest absolute Gasteiger partial charge is 0.492 e. The minimum absolute atomic E-state index is 0.149. The minimum atomic E-state index is -4.22. The van der Waals surface area contributed by atoms with Crippen molar-refractivity contribution < 1.29 is 27.1 Å². The highest BCUT2D eigenvalue weighted by atomic mass is 32.2. The number of amides is 1. The molecule has 116 valence electrons. The maximum atomic E-state index is 13.9. The lowest BCUT2D eigenvalue weighted by atomic mass is 10.1. The van der Waals surface area contributed by atoms with Gasteiger partial charge < -0.3 is 14.8 Å². The third kappa shape index (κ3) is 3.49. The van der Waals surface area contributed by atoms with Gasteiger partial charge in [0, 0.05) is 12.2 Å². The first-order valence-electron chi connectivity index (χ1n) is 6.12. The van der Waals surface area contributed by atoms with E-state index >= 15 is 0 Å². The molecule has 0 aromatic heterocycles. The highest BCUT2D eigenvalue weighted by Crippen LogP contribution is 2.27. The smallest absolute Gasteiger partial charge is 0.251 e. The second kappa shape index (κ2) is 5.96. The molecule has 0 saturated carbocycles. The van der Waals surface area contributed by atoms with Crippen LogP contribution in [0, 0.1) is 5.82 Å². The van der Waals surface area contributed by atoms with E-state index < -0.39 is 32.4 Å². The summed E-state index contributed by atoms with van der Waals surface area (Å²) in [6.07, 6.45) is 0.645. The number of methoxy groups -OCH3 is 1. The summed E-state index contributed by atoms with van der Waals surface area (Å²) in [7, 11) is -3.11. The fourth-order valence-corrected chi connectivity index (χ4v) is 2.76. The second-order valence-electron chi connectivity index (χ2n) is 4.57. The molecule has 1 unspecified atom stereocenters. The Kier molecular flexibility index (Phi) is 4.45. The summed E-state index contributed by atoms with van der Waals surface area (Å²) in [5, 5.41) is 7.64. The highest BCUT2D eigenvalue weighted by Gasteiger charge is 2.24. The van der Waals surface area contributed by atoms with Gasteiger partial charge in [-0.25, -0.2) is 17.9 Å². The number of primary sulfonamides is 1. The topological polar surface area (TPSA) is 108 Å². The van der Waals surface area contributed by atoms with E-state index in [0.717, 1.165) is 19.2 Å². The minimum Gasteiger partial charge on any atom is -0.492 e. The average Bonchev–Trinajstić information content (AvgIpc) is 2.89. The van der Waals surface area contributed by atoms with Crippen molar-refractivity contribution in [1.82, 2.24) is 5.32 Å². The predicted octanol–water partition coefficient (Wildman–Crippen LogP) is 0.000400. The zero-order valence-electron chi connectivity index (χ0n) is 11.3. The number of sulfonamides is 1. The molecule has 1 aliphatic heterocycles. The normalized spacial score (nSPS) is 18.5. The molecular formula is C12H15FN2O5S. The maximum absolute atomic E-state index is 13.9. The van der Waals surface area contributed by atoms with Crippen LogP contribution in [0.2, 0.25) is 0 Å². The van der Waals surface area contributed by atoms with Gasteiger partial charge in [0.15, 0.2) is 11.6 Å². The fraction of sp³-hybridized carbons (Fsp3) is 0.417. The monoisotopic (exact) mass is 318 g/mol. The molecule has 1 amide bonds. The average molecular weight is 318 g/mol. The van der Waals surface area contributed by atoms with Crippen molar-refractivity contribution in [3.05, 3.63) is 23.5 Å². The Hall–Kier alpha value is -1.71. The molecule has 1 saturated heterocycles. The molecule has 3 N–H and O–H groups in total. The quantitative estimate of drug-likeness (QED) is 0.812. The third-order valence-corrected chi connectivity index (χ3v) is 3.96. The Morgan fingerprint density at radius 2 is 2.24 bits per heavy atom. The lowest BCUT2D eigenvalue weighted by molar-refractivity contribution is 0.0929. The van der Waals surface area contributed by atoms with Crippen LogP contribution in [0.3, 0.4) is 0 Å². The Bertz CT molecular complexity index is 656. The van der Waals surface area contributed by atoms with Gasteiger partial charge in [-0.1, -0.05) is 0 Å². The van der Waals surface area contributed by atoms with Crippen molar-refractivity contribution in [1.29, 1.82) is 0 Å². The van der Waals surface area contributed by atoms with Crippen molar-refractivity contribution in [3.63, 3.8) is 0 Å². The third-order valence-electron chi connectivity index (χ3n) is 3.05. The molecule has 7 nitrogen and oxygen atoms in total. The summed E-state index contributed by atoms with van der Waals surface area (Å²) in [4.78, 5) is 11.5. The van der Waals surface area contributed by atoms with Crippen molar-refractivity contribution in [2.45, 2.75) is 17.4 Å². The van der Waals surface area contributed by atoms with Crippen molar-refractivity contribution in [2.75, 3.05) is 20.3 Å². The first-order valence-corrected chi connectivity index (χ1v) is 7.66. The van der Waals surface area contributed by atoms with Crippen LogP contribution in [-0.4, -0.2) is 40.7 Å². The number of carbonyl (C=O) groups excluding carboxylic acids is 1. The van der Waals surface area contributed by atoms with E-state index in [4.69, 9.17) is 9.88 Å². The Morgan fingerprint density at radius 1 is 1.52 bits per heavy atom. The van der Waals surface area contributed by atoms with Crippen LogP contribution in [0.25, 0.3) is 0 Å². The predicted molar refractivity (Wildman–Crippen MR) is 71.0 cm³/mol. The number of carbonyl (C=O) groups is 1. The number of hydrogen-bond acceptors (Lipinski definition) is 5. The molecule has 0 spiro atoms. The van der Waals surface area contributed by atoms with Gasteiger partial charge in [0.25, 0.3) is 5.91 Å². The van der Waals surface area contributed by atoms with E-state index in [2.05, 4.69) is 10.1 Å². The van der Waals surface area contributed by atoms with E-state index in [1.165, 1.54) is 0 Å². The zero-order valence-corrected chi connectivity index (χ0v) is 12.1. The summed E-state index contributed by atoms with van der Waals surface area (Å²) in [5.74, 6) is -2.09. The summed E-state index contributed by atoms with van der Waals surface area (Å²) in [6.45, 7) is 0.900. The number of nitrogens with two attached hydrogens (primary N) is 1. The second-order valence-corrected chi connectivity index (χ2v) is 6.10. The van der Waals surface area contributed by atoms with Crippen molar-refractivity contribution in [3.8, 4) is 5.75 Å². The molecule has 1 fully saturated rings. The molecule has 2 rings (SSSR count). The van der Waals surface area contributed by atoms with Crippen molar-refractivity contribution in [2.24, 2.45) is 5.14 Å². The van der Waals surface area contributed by atoms with Crippen LogP contribution in [0.15, 0.2) is 17.0 Å². The Labute approximate surface area is 121 Å². The van der Waals surface area contributed by atoms with Crippen molar-refractivity contribution >= 4 is 15.9 Å².